The van der Waals surface area contributed by atoms with Crippen LogP contribution < -0.4 is 5.32 Å². The Morgan fingerprint density at radius 1 is 0.970 bits per heavy atom. The second kappa shape index (κ2) is 11.0. The molecule has 178 valence electrons. The zero-order valence-electron chi connectivity index (χ0n) is 18.9. The minimum Gasteiger partial charge on any atom is -0.352 e. The van der Waals surface area contributed by atoms with Crippen molar-refractivity contribution in [2.24, 2.45) is 5.92 Å². The fraction of sp³-hybridized carbons (Fsp3) is 0.480. The Labute approximate surface area is 202 Å². The maximum Gasteiger partial charge on any atom is 0.224 e. The number of hydrogen-bond donors (Lipinski definition) is 1. The van der Waals surface area contributed by atoms with Crippen LogP contribution in [0.1, 0.15) is 42.4 Å². The first-order chi connectivity index (χ1) is 15.9. The molecule has 0 spiro atoms. The Morgan fingerprint density at radius 3 is 2.39 bits per heavy atom. The standard InChI is InChI=1S/C25H32ClN3O3S/c26-24-11-9-20(10-12-24)19-33(31,32)29-15-5-8-23(18-29)25(30)27-16-21-6-1-2-7-22(21)17-28-13-3-4-14-28/h1-2,6-7,9-12,23H,3-5,8,13-19H2,(H,27,30)/t23-/m0/s1. The molecule has 0 aromatic heterocycles. The molecule has 2 aliphatic heterocycles. The van der Waals surface area contributed by atoms with Crippen LogP contribution in [0.2, 0.25) is 5.02 Å². The maximum atomic E-state index is 13.0. The van der Waals surface area contributed by atoms with Gasteiger partial charge >= 0.3 is 0 Å². The van der Waals surface area contributed by atoms with Crippen LogP contribution in [-0.4, -0.2) is 49.7 Å². The first kappa shape index (κ1) is 24.2. The summed E-state index contributed by atoms with van der Waals surface area (Å²) in [7, 11) is -3.50. The van der Waals surface area contributed by atoms with E-state index in [1.165, 1.54) is 22.7 Å². The molecule has 2 aromatic rings. The van der Waals surface area contributed by atoms with E-state index in [1.54, 1.807) is 24.3 Å². The average molecular weight is 490 g/mol. The van der Waals surface area contributed by atoms with Gasteiger partial charge in [0.1, 0.15) is 0 Å². The number of rotatable bonds is 8. The summed E-state index contributed by atoms with van der Waals surface area (Å²) >= 11 is 5.90. The summed E-state index contributed by atoms with van der Waals surface area (Å²) in [4.78, 5) is 15.4. The molecule has 6 nitrogen and oxygen atoms in total. The number of halogens is 1. The highest BCUT2D eigenvalue weighted by Gasteiger charge is 2.32. The second-order valence-electron chi connectivity index (χ2n) is 9.05. The molecular weight excluding hydrogens is 458 g/mol. The monoisotopic (exact) mass is 489 g/mol. The van der Waals surface area contributed by atoms with Crippen molar-refractivity contribution in [2.75, 3.05) is 26.2 Å². The highest BCUT2D eigenvalue weighted by molar-refractivity contribution is 7.88. The molecule has 33 heavy (non-hydrogen) atoms. The quantitative estimate of drug-likeness (QED) is 0.612. The third kappa shape index (κ3) is 6.57. The number of sulfonamides is 1. The number of nitrogens with one attached hydrogen (secondary N) is 1. The molecule has 0 aliphatic carbocycles. The van der Waals surface area contributed by atoms with Crippen molar-refractivity contribution in [3.05, 3.63) is 70.2 Å². The van der Waals surface area contributed by atoms with Crippen molar-refractivity contribution in [2.45, 2.75) is 44.5 Å². The minimum absolute atomic E-state index is 0.0719. The lowest BCUT2D eigenvalue weighted by Crippen LogP contribution is -2.45. The van der Waals surface area contributed by atoms with Gasteiger partial charge in [0, 0.05) is 31.2 Å². The third-order valence-electron chi connectivity index (χ3n) is 6.57. The van der Waals surface area contributed by atoms with Gasteiger partial charge in [-0.05, 0) is 67.6 Å². The molecule has 1 N–H and O–H groups in total. The van der Waals surface area contributed by atoms with Crippen LogP contribution in [0.15, 0.2) is 48.5 Å². The van der Waals surface area contributed by atoms with E-state index in [4.69, 9.17) is 11.6 Å². The summed E-state index contributed by atoms with van der Waals surface area (Å²) in [5.74, 6) is -0.482. The molecule has 0 bridgehead atoms. The van der Waals surface area contributed by atoms with Gasteiger partial charge in [-0.2, -0.15) is 0 Å². The van der Waals surface area contributed by atoms with Gasteiger partial charge in [0.25, 0.3) is 0 Å². The van der Waals surface area contributed by atoms with Gasteiger partial charge in [-0.3, -0.25) is 9.69 Å². The van der Waals surface area contributed by atoms with Gasteiger partial charge in [0.2, 0.25) is 15.9 Å². The number of carbonyl (C=O) groups excluding carboxylic acids is 1. The number of carbonyl (C=O) groups is 1. The normalized spacial score (nSPS) is 20.1. The molecule has 1 atom stereocenters. The molecule has 2 fully saturated rings. The van der Waals surface area contributed by atoms with E-state index in [0.29, 0.717) is 36.5 Å². The van der Waals surface area contributed by atoms with E-state index in [0.717, 1.165) is 25.2 Å². The number of amides is 1. The number of benzene rings is 2. The summed E-state index contributed by atoms with van der Waals surface area (Å²) in [6.07, 6.45) is 3.88. The van der Waals surface area contributed by atoms with E-state index in [2.05, 4.69) is 22.3 Å². The smallest absolute Gasteiger partial charge is 0.224 e. The molecule has 0 saturated carbocycles. The van der Waals surface area contributed by atoms with Crippen molar-refractivity contribution < 1.29 is 13.2 Å². The average Bonchev–Trinajstić information content (AvgIpc) is 3.33. The Hall–Kier alpha value is -1.93. The van der Waals surface area contributed by atoms with E-state index >= 15 is 0 Å². The predicted molar refractivity (Wildman–Crippen MR) is 131 cm³/mol. The van der Waals surface area contributed by atoms with Gasteiger partial charge in [-0.25, -0.2) is 12.7 Å². The number of likely N-dealkylation sites (tertiary alicyclic amines) is 1. The van der Waals surface area contributed by atoms with Gasteiger partial charge in [0.15, 0.2) is 0 Å². The zero-order chi connectivity index (χ0) is 23.3. The first-order valence-corrected chi connectivity index (χ1v) is 13.7. The summed E-state index contributed by atoms with van der Waals surface area (Å²) in [5, 5.41) is 3.65. The van der Waals surface area contributed by atoms with Crippen molar-refractivity contribution >= 4 is 27.5 Å². The van der Waals surface area contributed by atoms with Crippen LogP contribution in [0.5, 0.6) is 0 Å². The van der Waals surface area contributed by atoms with Crippen LogP contribution in [-0.2, 0) is 33.7 Å². The van der Waals surface area contributed by atoms with Crippen LogP contribution >= 0.6 is 11.6 Å². The topological polar surface area (TPSA) is 69.7 Å². The molecule has 2 aliphatic rings. The van der Waals surface area contributed by atoms with Crippen molar-refractivity contribution in [3.63, 3.8) is 0 Å². The molecule has 0 unspecified atom stereocenters. The van der Waals surface area contributed by atoms with E-state index in [9.17, 15) is 13.2 Å². The Morgan fingerprint density at radius 2 is 1.67 bits per heavy atom. The molecule has 1 amide bonds. The van der Waals surface area contributed by atoms with Crippen LogP contribution in [0.4, 0.5) is 0 Å². The predicted octanol–water partition coefficient (Wildman–Crippen LogP) is 3.79. The summed E-state index contributed by atoms with van der Waals surface area (Å²) in [6, 6.07) is 15.1. The van der Waals surface area contributed by atoms with E-state index in [1.807, 2.05) is 12.1 Å². The first-order valence-electron chi connectivity index (χ1n) is 11.7. The van der Waals surface area contributed by atoms with Crippen LogP contribution in [0.25, 0.3) is 0 Å². The zero-order valence-corrected chi connectivity index (χ0v) is 20.5. The lowest BCUT2D eigenvalue weighted by Gasteiger charge is -2.31. The Kier molecular flexibility index (Phi) is 8.07. The molecule has 2 aromatic carbocycles. The molecule has 2 heterocycles. The summed E-state index contributed by atoms with van der Waals surface area (Å²) < 4.78 is 27.4. The van der Waals surface area contributed by atoms with Crippen LogP contribution in [0.3, 0.4) is 0 Å². The summed E-state index contributed by atoms with van der Waals surface area (Å²) in [6.45, 7) is 4.32. The largest absolute Gasteiger partial charge is 0.352 e. The molecular formula is C25H32ClN3O3S. The lowest BCUT2D eigenvalue weighted by atomic mass is 9.98. The van der Waals surface area contributed by atoms with Crippen LogP contribution in [0, 0.1) is 5.92 Å². The fourth-order valence-electron chi connectivity index (χ4n) is 4.68. The Balaban J connectivity index is 1.34. The second-order valence-corrected chi connectivity index (χ2v) is 11.5. The highest BCUT2D eigenvalue weighted by Crippen LogP contribution is 2.23. The van der Waals surface area contributed by atoms with E-state index in [-0.39, 0.29) is 24.1 Å². The minimum atomic E-state index is -3.50. The van der Waals surface area contributed by atoms with E-state index < -0.39 is 10.0 Å². The number of hydrogen-bond acceptors (Lipinski definition) is 4. The number of piperidine rings is 1. The molecule has 8 heteroatoms. The van der Waals surface area contributed by atoms with Crippen molar-refractivity contribution in [1.29, 1.82) is 0 Å². The van der Waals surface area contributed by atoms with Gasteiger partial charge < -0.3 is 5.32 Å². The molecule has 4 rings (SSSR count). The molecule has 0 radical (unpaired) electrons. The Bertz CT molecular complexity index is 1050. The molecule has 2 saturated heterocycles. The van der Waals surface area contributed by atoms with Gasteiger partial charge in [0.05, 0.1) is 11.7 Å². The third-order valence-corrected chi connectivity index (χ3v) is 8.64. The lowest BCUT2D eigenvalue weighted by molar-refractivity contribution is -0.126. The maximum absolute atomic E-state index is 13.0. The van der Waals surface area contributed by atoms with Crippen molar-refractivity contribution in [3.8, 4) is 0 Å². The number of nitrogens with zero attached hydrogens (tertiary/aromatic N) is 2. The highest BCUT2D eigenvalue weighted by atomic mass is 35.5. The summed E-state index contributed by atoms with van der Waals surface area (Å²) in [5.41, 5.74) is 3.07. The SMILES string of the molecule is O=C(NCc1ccccc1CN1CCCC1)[C@H]1CCCN(S(=O)(=O)Cc2ccc(Cl)cc2)C1. The van der Waals surface area contributed by atoms with Gasteiger partial charge in [-0.15, -0.1) is 0 Å². The van der Waals surface area contributed by atoms with Gasteiger partial charge in [-0.1, -0.05) is 48.0 Å². The van der Waals surface area contributed by atoms with Crippen molar-refractivity contribution in [1.82, 2.24) is 14.5 Å². The fourth-order valence-corrected chi connectivity index (χ4v) is 6.42.